The third kappa shape index (κ3) is 3.41. The van der Waals surface area contributed by atoms with Crippen LogP contribution in [0.1, 0.15) is 18.4 Å². The predicted molar refractivity (Wildman–Crippen MR) is 67.2 cm³/mol. The van der Waals surface area contributed by atoms with E-state index in [4.69, 9.17) is 0 Å². The minimum absolute atomic E-state index is 0.137. The van der Waals surface area contributed by atoms with Crippen molar-refractivity contribution in [2.24, 2.45) is 0 Å². The SMILES string of the molecule is CCc1nc(CS(C)(=O)=O)nc(NC)c1Br. The molecule has 0 aromatic carbocycles. The number of anilines is 1. The van der Waals surface area contributed by atoms with E-state index >= 15 is 0 Å². The lowest BCUT2D eigenvalue weighted by molar-refractivity contribution is 0.599. The van der Waals surface area contributed by atoms with Crippen molar-refractivity contribution in [2.45, 2.75) is 19.1 Å². The Bertz CT molecular complexity index is 463. The minimum Gasteiger partial charge on any atom is -0.372 e. The van der Waals surface area contributed by atoms with E-state index < -0.39 is 9.84 Å². The first-order valence-corrected chi connectivity index (χ1v) is 7.63. The van der Waals surface area contributed by atoms with Crippen molar-refractivity contribution < 1.29 is 8.42 Å². The summed E-state index contributed by atoms with van der Waals surface area (Å²) in [6.07, 6.45) is 1.89. The van der Waals surface area contributed by atoms with Gasteiger partial charge in [0.15, 0.2) is 9.84 Å². The van der Waals surface area contributed by atoms with Crippen LogP contribution in [0.3, 0.4) is 0 Å². The van der Waals surface area contributed by atoms with Crippen LogP contribution in [0.2, 0.25) is 0 Å². The molecule has 0 saturated heterocycles. The average molecular weight is 308 g/mol. The Kier molecular flexibility index (Phi) is 4.26. The van der Waals surface area contributed by atoms with E-state index in [-0.39, 0.29) is 5.75 Å². The van der Waals surface area contributed by atoms with Gasteiger partial charge in [0.25, 0.3) is 0 Å². The Labute approximate surface area is 104 Å². The third-order valence-corrected chi connectivity index (χ3v) is 3.54. The van der Waals surface area contributed by atoms with E-state index in [1.807, 2.05) is 6.92 Å². The van der Waals surface area contributed by atoms with Gasteiger partial charge in [-0.1, -0.05) is 6.92 Å². The summed E-state index contributed by atoms with van der Waals surface area (Å²) in [5.74, 6) is 0.805. The lowest BCUT2D eigenvalue weighted by Crippen LogP contribution is -2.09. The second-order valence-corrected chi connectivity index (χ2v) is 6.36. The molecule has 0 atom stereocenters. The minimum atomic E-state index is -3.11. The van der Waals surface area contributed by atoms with Gasteiger partial charge in [0, 0.05) is 13.3 Å². The summed E-state index contributed by atoms with van der Waals surface area (Å²) in [5, 5.41) is 2.90. The first kappa shape index (κ1) is 13.4. The standard InChI is InChI=1S/C9H14BrN3O2S/c1-4-6-8(10)9(11-2)13-7(12-6)5-16(3,14)15/h4-5H2,1-3H3,(H,11,12,13). The van der Waals surface area contributed by atoms with Gasteiger partial charge in [0.05, 0.1) is 10.2 Å². The van der Waals surface area contributed by atoms with Crippen LogP contribution in [-0.2, 0) is 22.0 Å². The van der Waals surface area contributed by atoms with E-state index in [1.54, 1.807) is 7.05 Å². The number of aryl methyl sites for hydroxylation is 1. The van der Waals surface area contributed by atoms with Crippen molar-refractivity contribution in [3.63, 3.8) is 0 Å². The van der Waals surface area contributed by atoms with Gasteiger partial charge >= 0.3 is 0 Å². The van der Waals surface area contributed by atoms with Gasteiger partial charge < -0.3 is 5.32 Å². The molecule has 0 spiro atoms. The van der Waals surface area contributed by atoms with Gasteiger partial charge in [0.2, 0.25) is 0 Å². The molecule has 7 heteroatoms. The second-order valence-electron chi connectivity index (χ2n) is 3.42. The van der Waals surface area contributed by atoms with E-state index in [9.17, 15) is 8.42 Å². The number of sulfone groups is 1. The summed E-state index contributed by atoms with van der Waals surface area (Å²) in [6, 6.07) is 0. The highest BCUT2D eigenvalue weighted by atomic mass is 79.9. The highest BCUT2D eigenvalue weighted by molar-refractivity contribution is 9.10. The molecule has 1 rings (SSSR count). The van der Waals surface area contributed by atoms with Gasteiger partial charge in [-0.3, -0.25) is 0 Å². The molecule has 5 nitrogen and oxygen atoms in total. The molecule has 1 heterocycles. The number of nitrogens with one attached hydrogen (secondary N) is 1. The van der Waals surface area contributed by atoms with E-state index in [0.29, 0.717) is 18.1 Å². The maximum absolute atomic E-state index is 11.2. The molecule has 0 aliphatic rings. The molecule has 0 fully saturated rings. The molecule has 0 radical (unpaired) electrons. The van der Waals surface area contributed by atoms with Crippen LogP contribution < -0.4 is 5.32 Å². The quantitative estimate of drug-likeness (QED) is 0.910. The largest absolute Gasteiger partial charge is 0.372 e. The van der Waals surface area contributed by atoms with Crippen LogP contribution in [0.25, 0.3) is 0 Å². The highest BCUT2D eigenvalue weighted by Crippen LogP contribution is 2.23. The monoisotopic (exact) mass is 307 g/mol. The van der Waals surface area contributed by atoms with E-state index in [2.05, 4.69) is 31.2 Å². The van der Waals surface area contributed by atoms with E-state index in [0.717, 1.165) is 10.2 Å². The number of halogens is 1. The van der Waals surface area contributed by atoms with Gasteiger partial charge in [-0.2, -0.15) is 0 Å². The molecule has 0 unspecified atom stereocenters. The maximum Gasteiger partial charge on any atom is 0.154 e. The zero-order chi connectivity index (χ0) is 12.3. The first-order chi connectivity index (χ1) is 7.37. The highest BCUT2D eigenvalue weighted by Gasteiger charge is 2.13. The zero-order valence-corrected chi connectivity index (χ0v) is 11.8. The molecule has 0 aliphatic carbocycles. The van der Waals surface area contributed by atoms with Crippen molar-refractivity contribution in [1.82, 2.24) is 9.97 Å². The van der Waals surface area contributed by atoms with Gasteiger partial charge in [-0.15, -0.1) is 0 Å². The third-order valence-electron chi connectivity index (χ3n) is 1.93. The fourth-order valence-electron chi connectivity index (χ4n) is 1.24. The lowest BCUT2D eigenvalue weighted by Gasteiger charge is -2.09. The van der Waals surface area contributed by atoms with Gasteiger partial charge in [-0.05, 0) is 22.4 Å². The summed E-state index contributed by atoms with van der Waals surface area (Å²) >= 11 is 3.38. The summed E-state index contributed by atoms with van der Waals surface area (Å²) in [4.78, 5) is 8.34. The molecule has 0 aliphatic heterocycles. The van der Waals surface area contributed by atoms with E-state index in [1.165, 1.54) is 6.26 Å². The molecule has 0 amide bonds. The molecule has 0 bridgehead atoms. The smallest absolute Gasteiger partial charge is 0.154 e. The molecule has 16 heavy (non-hydrogen) atoms. The second kappa shape index (κ2) is 5.09. The zero-order valence-electron chi connectivity index (χ0n) is 9.41. The predicted octanol–water partition coefficient (Wildman–Crippen LogP) is 1.39. The average Bonchev–Trinajstić information content (AvgIpc) is 2.18. The van der Waals surface area contributed by atoms with Crippen molar-refractivity contribution in [2.75, 3.05) is 18.6 Å². The van der Waals surface area contributed by atoms with Crippen LogP contribution in [0, 0.1) is 0 Å². The Hall–Kier alpha value is -0.690. The van der Waals surface area contributed by atoms with Crippen molar-refractivity contribution in [3.05, 3.63) is 16.0 Å². The number of nitrogens with zero attached hydrogens (tertiary/aromatic N) is 2. The summed E-state index contributed by atoms with van der Waals surface area (Å²) in [5.41, 5.74) is 0.804. The van der Waals surface area contributed by atoms with Crippen LogP contribution >= 0.6 is 15.9 Å². The normalized spacial score (nSPS) is 11.5. The molecule has 1 aromatic rings. The van der Waals surface area contributed by atoms with Gasteiger partial charge in [-0.25, -0.2) is 18.4 Å². The van der Waals surface area contributed by atoms with Crippen LogP contribution in [-0.4, -0.2) is 31.7 Å². The molecule has 1 N–H and O–H groups in total. The molecule has 1 aromatic heterocycles. The summed E-state index contributed by atoms with van der Waals surface area (Å²) in [6.45, 7) is 1.96. The number of rotatable bonds is 4. The van der Waals surface area contributed by atoms with Crippen molar-refractivity contribution >= 4 is 31.6 Å². The molecular weight excluding hydrogens is 294 g/mol. The fourth-order valence-corrected chi connectivity index (χ4v) is 2.50. The number of hydrogen-bond acceptors (Lipinski definition) is 5. The Morgan fingerprint density at radius 2 is 2.00 bits per heavy atom. The molecular formula is C9H14BrN3O2S. The van der Waals surface area contributed by atoms with Crippen LogP contribution in [0.15, 0.2) is 4.47 Å². The summed E-state index contributed by atoms with van der Waals surface area (Å²) < 4.78 is 23.1. The Morgan fingerprint density at radius 3 is 2.44 bits per heavy atom. The van der Waals surface area contributed by atoms with Crippen molar-refractivity contribution in [3.8, 4) is 0 Å². The lowest BCUT2D eigenvalue weighted by atomic mass is 10.3. The Balaban J connectivity index is 3.22. The summed E-state index contributed by atoms with van der Waals surface area (Å²) in [7, 11) is -1.38. The van der Waals surface area contributed by atoms with Crippen LogP contribution in [0.4, 0.5) is 5.82 Å². The number of hydrogen-bond donors (Lipinski definition) is 1. The molecule has 90 valence electrons. The van der Waals surface area contributed by atoms with Crippen molar-refractivity contribution in [1.29, 1.82) is 0 Å². The fraction of sp³-hybridized carbons (Fsp3) is 0.556. The van der Waals surface area contributed by atoms with Crippen LogP contribution in [0.5, 0.6) is 0 Å². The van der Waals surface area contributed by atoms with Gasteiger partial charge in [0.1, 0.15) is 17.4 Å². The maximum atomic E-state index is 11.2. The topological polar surface area (TPSA) is 72.0 Å². The molecule has 0 saturated carbocycles. The Morgan fingerprint density at radius 1 is 1.38 bits per heavy atom. The number of aromatic nitrogens is 2. The first-order valence-electron chi connectivity index (χ1n) is 4.78.